The monoisotopic (exact) mass is 327 g/mol. The Balaban J connectivity index is 2.58. The van der Waals surface area contributed by atoms with Crippen LogP contribution < -0.4 is 10.6 Å². The maximum atomic E-state index is 12.0. The largest absolute Gasteiger partial charge is 0.450 e. The van der Waals surface area contributed by atoms with Gasteiger partial charge >= 0.3 is 6.09 Å². The first-order chi connectivity index (χ1) is 10.4. The molecule has 7 heteroatoms. The number of nitrogens with one attached hydrogen (secondary N) is 2. The minimum Gasteiger partial charge on any atom is -0.450 e. The molecule has 0 saturated carbocycles. The van der Waals surface area contributed by atoms with Gasteiger partial charge in [-0.3, -0.25) is 9.78 Å². The first-order valence-corrected chi connectivity index (χ1v) is 7.63. The van der Waals surface area contributed by atoms with E-state index in [9.17, 15) is 9.59 Å². The summed E-state index contributed by atoms with van der Waals surface area (Å²) in [6.45, 7) is 6.42. The summed E-state index contributed by atoms with van der Waals surface area (Å²) in [6.07, 6.45) is 1.71. The summed E-state index contributed by atoms with van der Waals surface area (Å²) < 4.78 is 4.87. The van der Waals surface area contributed by atoms with Crippen molar-refractivity contribution in [2.24, 2.45) is 5.92 Å². The summed E-state index contributed by atoms with van der Waals surface area (Å²) >= 11 is 5.83. The Morgan fingerprint density at radius 3 is 2.73 bits per heavy atom. The van der Waals surface area contributed by atoms with E-state index in [2.05, 4.69) is 15.6 Å². The third-order valence-corrected chi connectivity index (χ3v) is 3.05. The first kappa shape index (κ1) is 18.2. The second-order valence-corrected chi connectivity index (χ2v) is 5.70. The predicted molar refractivity (Wildman–Crippen MR) is 85.0 cm³/mol. The molecule has 22 heavy (non-hydrogen) atoms. The van der Waals surface area contributed by atoms with Crippen LogP contribution in [0, 0.1) is 5.92 Å². The number of aromatic nitrogens is 1. The molecule has 0 aliphatic heterocycles. The molecule has 0 aliphatic rings. The molecule has 1 aromatic heterocycles. The molecule has 1 heterocycles. The molecular weight excluding hydrogens is 306 g/mol. The molecule has 0 fully saturated rings. The number of rotatable bonds is 7. The second kappa shape index (κ2) is 9.25. The number of alkyl carbamates (subject to hydrolysis) is 1. The van der Waals surface area contributed by atoms with Gasteiger partial charge in [0, 0.05) is 23.8 Å². The Bertz CT molecular complexity index is 509. The predicted octanol–water partition coefficient (Wildman–Crippen LogP) is 2.63. The summed E-state index contributed by atoms with van der Waals surface area (Å²) in [7, 11) is 0. The number of ether oxygens (including phenoxy) is 1. The quantitative estimate of drug-likeness (QED) is 0.806. The fraction of sp³-hybridized carbons (Fsp3) is 0.533. The molecule has 2 N–H and O–H groups in total. The lowest BCUT2D eigenvalue weighted by Gasteiger charge is -2.20. The van der Waals surface area contributed by atoms with E-state index < -0.39 is 6.09 Å². The molecular formula is C15H22ClN3O3. The van der Waals surface area contributed by atoms with E-state index >= 15 is 0 Å². The lowest BCUT2D eigenvalue weighted by Crippen LogP contribution is -2.44. The number of hydrogen-bond acceptors (Lipinski definition) is 4. The van der Waals surface area contributed by atoms with Gasteiger partial charge in [-0.1, -0.05) is 25.4 Å². The van der Waals surface area contributed by atoms with Gasteiger partial charge in [0.15, 0.2) is 0 Å². The van der Waals surface area contributed by atoms with Gasteiger partial charge in [0.05, 0.1) is 6.61 Å². The highest BCUT2D eigenvalue weighted by Gasteiger charge is 2.16. The standard InChI is InChI=1S/C15H22ClN3O3/c1-4-22-15(21)19-12(7-10(2)3)9-18-14(20)13-8-11(16)5-6-17-13/h5-6,8,10,12H,4,7,9H2,1-3H3,(H,18,20)(H,19,21). The van der Waals surface area contributed by atoms with E-state index in [1.807, 2.05) is 13.8 Å². The van der Waals surface area contributed by atoms with E-state index in [-0.39, 0.29) is 17.6 Å². The summed E-state index contributed by atoms with van der Waals surface area (Å²) in [5.41, 5.74) is 0.243. The van der Waals surface area contributed by atoms with Crippen LogP contribution in [0.2, 0.25) is 5.02 Å². The van der Waals surface area contributed by atoms with Crippen LogP contribution in [0.15, 0.2) is 18.3 Å². The maximum absolute atomic E-state index is 12.0. The molecule has 0 bridgehead atoms. The van der Waals surface area contributed by atoms with Crippen LogP contribution >= 0.6 is 11.6 Å². The van der Waals surface area contributed by atoms with Crippen LogP contribution in [0.4, 0.5) is 4.79 Å². The molecule has 0 aliphatic carbocycles. The highest BCUT2D eigenvalue weighted by molar-refractivity contribution is 6.30. The van der Waals surface area contributed by atoms with Crippen LogP contribution in [0.25, 0.3) is 0 Å². The number of halogens is 1. The summed E-state index contributed by atoms with van der Waals surface area (Å²) in [5, 5.41) is 5.94. The number of carbonyl (C=O) groups is 2. The van der Waals surface area contributed by atoms with E-state index in [0.717, 1.165) is 6.42 Å². The van der Waals surface area contributed by atoms with Crippen molar-refractivity contribution in [1.82, 2.24) is 15.6 Å². The number of carbonyl (C=O) groups excluding carboxylic acids is 2. The van der Waals surface area contributed by atoms with Crippen LogP contribution in [0.1, 0.15) is 37.7 Å². The minimum atomic E-state index is -0.483. The molecule has 1 unspecified atom stereocenters. The lowest BCUT2D eigenvalue weighted by atomic mass is 10.0. The van der Waals surface area contributed by atoms with Crippen LogP contribution in [0.3, 0.4) is 0 Å². The van der Waals surface area contributed by atoms with Gasteiger partial charge in [-0.2, -0.15) is 0 Å². The third kappa shape index (κ3) is 6.76. The van der Waals surface area contributed by atoms with Crippen molar-refractivity contribution in [2.75, 3.05) is 13.2 Å². The van der Waals surface area contributed by atoms with Crippen molar-refractivity contribution in [3.05, 3.63) is 29.0 Å². The van der Waals surface area contributed by atoms with E-state index in [1.165, 1.54) is 12.3 Å². The number of hydrogen-bond donors (Lipinski definition) is 2. The van der Waals surface area contributed by atoms with E-state index in [4.69, 9.17) is 16.3 Å². The lowest BCUT2D eigenvalue weighted by molar-refractivity contribution is 0.0939. The summed E-state index contributed by atoms with van der Waals surface area (Å²) in [6, 6.07) is 2.89. The summed E-state index contributed by atoms with van der Waals surface area (Å²) in [5.74, 6) is 0.0371. The van der Waals surface area contributed by atoms with E-state index in [1.54, 1.807) is 13.0 Å². The third-order valence-electron chi connectivity index (χ3n) is 2.82. The molecule has 122 valence electrons. The zero-order valence-electron chi connectivity index (χ0n) is 13.1. The van der Waals surface area contributed by atoms with Crippen LogP contribution in [-0.4, -0.2) is 36.2 Å². The molecule has 0 spiro atoms. The molecule has 0 aromatic carbocycles. The van der Waals surface area contributed by atoms with Crippen molar-refractivity contribution in [3.63, 3.8) is 0 Å². The molecule has 1 aromatic rings. The van der Waals surface area contributed by atoms with Gasteiger partial charge < -0.3 is 15.4 Å². The topological polar surface area (TPSA) is 80.3 Å². The zero-order chi connectivity index (χ0) is 16.5. The Morgan fingerprint density at radius 2 is 2.14 bits per heavy atom. The second-order valence-electron chi connectivity index (χ2n) is 5.26. The fourth-order valence-corrected chi connectivity index (χ4v) is 2.10. The zero-order valence-corrected chi connectivity index (χ0v) is 13.8. The fourth-order valence-electron chi connectivity index (χ4n) is 1.94. The Morgan fingerprint density at radius 1 is 1.41 bits per heavy atom. The highest BCUT2D eigenvalue weighted by Crippen LogP contribution is 2.08. The smallest absolute Gasteiger partial charge is 0.407 e. The van der Waals surface area contributed by atoms with Crippen molar-refractivity contribution in [2.45, 2.75) is 33.2 Å². The molecule has 0 radical (unpaired) electrons. The average Bonchev–Trinajstić information content (AvgIpc) is 2.44. The van der Waals surface area contributed by atoms with Gasteiger partial charge in [-0.15, -0.1) is 0 Å². The Hall–Kier alpha value is -1.82. The Kier molecular flexibility index (Phi) is 7.66. The van der Waals surface area contributed by atoms with Gasteiger partial charge in [0.25, 0.3) is 5.91 Å². The number of nitrogens with zero attached hydrogens (tertiary/aromatic N) is 1. The van der Waals surface area contributed by atoms with Crippen LogP contribution in [0.5, 0.6) is 0 Å². The SMILES string of the molecule is CCOC(=O)NC(CNC(=O)c1cc(Cl)ccn1)CC(C)C. The summed E-state index contributed by atoms with van der Waals surface area (Å²) in [4.78, 5) is 27.5. The average molecular weight is 328 g/mol. The number of amides is 2. The van der Waals surface area contributed by atoms with E-state index in [0.29, 0.717) is 24.1 Å². The minimum absolute atomic E-state index is 0.206. The molecule has 1 rings (SSSR count). The van der Waals surface area contributed by atoms with Gasteiger partial charge in [-0.05, 0) is 31.4 Å². The molecule has 2 amide bonds. The Labute approximate surface area is 135 Å². The van der Waals surface area contributed by atoms with Gasteiger partial charge in [-0.25, -0.2) is 4.79 Å². The van der Waals surface area contributed by atoms with Gasteiger partial charge in [0.1, 0.15) is 5.69 Å². The van der Waals surface area contributed by atoms with Crippen LogP contribution in [-0.2, 0) is 4.74 Å². The number of pyridine rings is 1. The molecule has 6 nitrogen and oxygen atoms in total. The van der Waals surface area contributed by atoms with Gasteiger partial charge in [0.2, 0.25) is 0 Å². The maximum Gasteiger partial charge on any atom is 0.407 e. The first-order valence-electron chi connectivity index (χ1n) is 7.25. The highest BCUT2D eigenvalue weighted by atomic mass is 35.5. The van der Waals surface area contributed by atoms with Crippen molar-refractivity contribution in [3.8, 4) is 0 Å². The molecule has 0 saturated heterocycles. The molecule has 1 atom stereocenters. The van der Waals surface area contributed by atoms with Crippen molar-refractivity contribution >= 4 is 23.6 Å². The normalized spacial score (nSPS) is 11.9. The van der Waals surface area contributed by atoms with Crippen molar-refractivity contribution in [1.29, 1.82) is 0 Å². The van der Waals surface area contributed by atoms with Crippen molar-refractivity contribution < 1.29 is 14.3 Å².